The van der Waals surface area contributed by atoms with Crippen molar-refractivity contribution in [3.8, 4) is 17.2 Å². The molecule has 0 bridgehead atoms. The van der Waals surface area contributed by atoms with Crippen molar-refractivity contribution in [3.63, 3.8) is 0 Å². The Kier molecular flexibility index (Phi) is 7.13. The van der Waals surface area contributed by atoms with E-state index in [0.717, 1.165) is 36.8 Å². The molecule has 3 rings (SSSR count). The van der Waals surface area contributed by atoms with E-state index in [1.54, 1.807) is 19.1 Å². The van der Waals surface area contributed by atoms with Crippen LogP contribution in [0.4, 0.5) is 0 Å². The van der Waals surface area contributed by atoms with Crippen molar-refractivity contribution in [1.29, 1.82) is 0 Å². The van der Waals surface area contributed by atoms with E-state index in [2.05, 4.69) is 4.90 Å². The lowest BCUT2D eigenvalue weighted by atomic mass is 10.0. The molecule has 0 spiro atoms. The van der Waals surface area contributed by atoms with Crippen LogP contribution in [0.15, 0.2) is 48.5 Å². The van der Waals surface area contributed by atoms with E-state index in [1.807, 2.05) is 36.4 Å². The second-order valence-corrected chi connectivity index (χ2v) is 7.41. The zero-order chi connectivity index (χ0) is 19.1. The van der Waals surface area contributed by atoms with Gasteiger partial charge >= 0.3 is 0 Å². The number of hydrogen-bond acceptors (Lipinski definition) is 4. The molecule has 1 aliphatic heterocycles. The van der Waals surface area contributed by atoms with Crippen molar-refractivity contribution < 1.29 is 14.3 Å². The highest BCUT2D eigenvalue weighted by Crippen LogP contribution is 2.26. The summed E-state index contributed by atoms with van der Waals surface area (Å²) in [6.07, 6.45) is 4.16. The predicted molar refractivity (Wildman–Crippen MR) is 108 cm³/mol. The highest BCUT2D eigenvalue weighted by molar-refractivity contribution is 6.30. The topological polar surface area (TPSA) is 38.8 Å². The maximum absolute atomic E-state index is 11.3. The van der Waals surface area contributed by atoms with E-state index in [0.29, 0.717) is 24.1 Å². The van der Waals surface area contributed by atoms with Gasteiger partial charge in [-0.3, -0.25) is 9.69 Å². The first-order valence-corrected chi connectivity index (χ1v) is 9.88. The monoisotopic (exact) mass is 387 g/mol. The maximum Gasteiger partial charge on any atom is 0.131 e. The smallest absolute Gasteiger partial charge is 0.131 e. The number of benzene rings is 2. The maximum atomic E-state index is 11.3. The van der Waals surface area contributed by atoms with Gasteiger partial charge in [-0.15, -0.1) is 0 Å². The molecule has 5 heteroatoms. The molecule has 1 aliphatic rings. The number of carbonyl (C=O) groups is 1. The first-order chi connectivity index (χ1) is 13.1. The molecule has 1 atom stereocenters. The molecule has 2 aromatic rings. The summed E-state index contributed by atoms with van der Waals surface area (Å²) in [5.41, 5.74) is 0. The van der Waals surface area contributed by atoms with Crippen molar-refractivity contribution in [2.75, 3.05) is 19.7 Å². The highest BCUT2D eigenvalue weighted by atomic mass is 35.5. The Morgan fingerprint density at radius 2 is 1.67 bits per heavy atom. The number of piperidine rings is 1. The van der Waals surface area contributed by atoms with Crippen LogP contribution in [0, 0.1) is 0 Å². The number of ketones is 1. The van der Waals surface area contributed by atoms with Crippen LogP contribution in [0.5, 0.6) is 17.2 Å². The molecule has 0 aromatic heterocycles. The number of ether oxygens (including phenoxy) is 2. The number of likely N-dealkylation sites (tertiary alicyclic amines) is 1. The first-order valence-electron chi connectivity index (χ1n) is 9.50. The second kappa shape index (κ2) is 9.77. The van der Waals surface area contributed by atoms with Crippen LogP contribution in [0.25, 0.3) is 0 Å². The molecule has 1 heterocycles. The Hall–Kier alpha value is -2.04. The quantitative estimate of drug-likeness (QED) is 0.612. The molecular weight excluding hydrogens is 362 g/mol. The predicted octanol–water partition coefficient (Wildman–Crippen LogP) is 5.34. The van der Waals surface area contributed by atoms with Gasteiger partial charge in [0.1, 0.15) is 29.6 Å². The van der Waals surface area contributed by atoms with Crippen molar-refractivity contribution in [3.05, 3.63) is 53.6 Å². The molecule has 27 heavy (non-hydrogen) atoms. The van der Waals surface area contributed by atoms with Crippen LogP contribution in [0.2, 0.25) is 5.02 Å². The van der Waals surface area contributed by atoms with Crippen LogP contribution in [0.1, 0.15) is 32.6 Å². The standard InChI is InChI=1S/C22H26ClNO3/c1-17(25)13-15-24-14-3-2-4-19(24)16-26-20-9-11-22(12-10-20)27-21-7-5-18(23)6-8-21/h5-12,19H,2-4,13-16H2,1H3/t19-/m0/s1. The average molecular weight is 388 g/mol. The van der Waals surface area contributed by atoms with Gasteiger partial charge < -0.3 is 9.47 Å². The molecule has 0 radical (unpaired) electrons. The zero-order valence-corrected chi connectivity index (χ0v) is 16.5. The Bertz CT molecular complexity index is 730. The largest absolute Gasteiger partial charge is 0.492 e. The van der Waals surface area contributed by atoms with Crippen LogP contribution in [-0.4, -0.2) is 36.4 Å². The summed E-state index contributed by atoms with van der Waals surface area (Å²) in [6, 6.07) is 15.3. The van der Waals surface area contributed by atoms with Crippen molar-refractivity contribution in [1.82, 2.24) is 4.90 Å². The molecule has 0 saturated carbocycles. The number of halogens is 1. The van der Waals surface area contributed by atoms with E-state index in [9.17, 15) is 4.79 Å². The third kappa shape index (κ3) is 6.26. The van der Waals surface area contributed by atoms with Crippen LogP contribution in [-0.2, 0) is 4.79 Å². The molecule has 0 aliphatic carbocycles. The summed E-state index contributed by atoms with van der Waals surface area (Å²) in [4.78, 5) is 13.7. The molecule has 4 nitrogen and oxygen atoms in total. The summed E-state index contributed by atoms with van der Waals surface area (Å²) in [6.45, 7) is 4.19. The minimum atomic E-state index is 0.247. The molecule has 2 aromatic carbocycles. The van der Waals surface area contributed by atoms with E-state index in [-0.39, 0.29) is 5.78 Å². The average Bonchev–Trinajstić information content (AvgIpc) is 2.68. The fraction of sp³-hybridized carbons (Fsp3) is 0.409. The third-order valence-corrected chi connectivity index (χ3v) is 5.07. The molecule has 0 amide bonds. The molecule has 0 unspecified atom stereocenters. The minimum Gasteiger partial charge on any atom is -0.492 e. The van der Waals surface area contributed by atoms with Gasteiger partial charge in [0.2, 0.25) is 0 Å². The van der Waals surface area contributed by atoms with E-state index in [4.69, 9.17) is 21.1 Å². The van der Waals surface area contributed by atoms with E-state index >= 15 is 0 Å². The second-order valence-electron chi connectivity index (χ2n) is 6.98. The number of carbonyl (C=O) groups excluding carboxylic acids is 1. The van der Waals surface area contributed by atoms with Gasteiger partial charge in [0.15, 0.2) is 0 Å². The van der Waals surface area contributed by atoms with Crippen molar-refractivity contribution in [2.45, 2.75) is 38.6 Å². The summed E-state index contributed by atoms with van der Waals surface area (Å²) in [5.74, 6) is 2.58. The normalized spacial score (nSPS) is 17.5. The van der Waals surface area contributed by atoms with Gasteiger partial charge in [-0.2, -0.15) is 0 Å². The first kappa shape index (κ1) is 19.7. The van der Waals surface area contributed by atoms with E-state index < -0.39 is 0 Å². The fourth-order valence-electron chi connectivity index (χ4n) is 3.28. The Balaban J connectivity index is 1.51. The SMILES string of the molecule is CC(=O)CCN1CCCC[C@H]1COc1ccc(Oc2ccc(Cl)cc2)cc1. The van der Waals surface area contributed by atoms with Gasteiger partial charge in [-0.05, 0) is 74.8 Å². The number of nitrogens with zero attached hydrogens (tertiary/aromatic N) is 1. The zero-order valence-electron chi connectivity index (χ0n) is 15.7. The van der Waals surface area contributed by atoms with Gasteiger partial charge in [0.25, 0.3) is 0 Å². The molecule has 1 saturated heterocycles. The number of hydrogen-bond donors (Lipinski definition) is 0. The van der Waals surface area contributed by atoms with Crippen LogP contribution in [0.3, 0.4) is 0 Å². The van der Waals surface area contributed by atoms with Crippen molar-refractivity contribution >= 4 is 17.4 Å². The van der Waals surface area contributed by atoms with Crippen molar-refractivity contribution in [2.24, 2.45) is 0 Å². The third-order valence-electron chi connectivity index (χ3n) is 4.82. The lowest BCUT2D eigenvalue weighted by Gasteiger charge is -2.35. The molecule has 144 valence electrons. The van der Waals surface area contributed by atoms with Gasteiger partial charge in [0, 0.05) is 24.0 Å². The van der Waals surface area contributed by atoms with Gasteiger partial charge in [-0.25, -0.2) is 0 Å². The fourth-order valence-corrected chi connectivity index (χ4v) is 3.41. The van der Waals surface area contributed by atoms with Crippen LogP contribution >= 0.6 is 11.6 Å². The number of rotatable bonds is 8. The molecule has 1 fully saturated rings. The van der Waals surface area contributed by atoms with E-state index in [1.165, 1.54) is 12.8 Å². The summed E-state index contributed by atoms with van der Waals surface area (Å²) < 4.78 is 11.8. The summed E-state index contributed by atoms with van der Waals surface area (Å²) >= 11 is 5.89. The van der Waals surface area contributed by atoms with Gasteiger partial charge in [0.05, 0.1) is 0 Å². The molecular formula is C22H26ClNO3. The summed E-state index contributed by atoms with van der Waals surface area (Å²) in [5, 5.41) is 0.686. The minimum absolute atomic E-state index is 0.247. The number of Topliss-reactive ketones (excluding diaryl/α,β-unsaturated/α-hetero) is 1. The van der Waals surface area contributed by atoms with Crippen LogP contribution < -0.4 is 9.47 Å². The van der Waals surface area contributed by atoms with Gasteiger partial charge in [-0.1, -0.05) is 18.0 Å². The highest BCUT2D eigenvalue weighted by Gasteiger charge is 2.23. The lowest BCUT2D eigenvalue weighted by Crippen LogP contribution is -2.43. The lowest BCUT2D eigenvalue weighted by molar-refractivity contribution is -0.117. The Morgan fingerprint density at radius 3 is 2.33 bits per heavy atom. The Morgan fingerprint density at radius 1 is 1.04 bits per heavy atom. The molecule has 0 N–H and O–H groups in total. The Labute approximate surface area is 166 Å². The summed E-state index contributed by atoms with van der Waals surface area (Å²) in [7, 11) is 0.